The summed E-state index contributed by atoms with van der Waals surface area (Å²) in [5.74, 6) is -9.48. The molecule has 6 rings (SSSR count). The van der Waals surface area contributed by atoms with Crippen molar-refractivity contribution in [2.75, 3.05) is 36.0 Å². The number of allylic oxidation sites excluding steroid dienone is 7. The van der Waals surface area contributed by atoms with Gasteiger partial charge in [0.25, 0.3) is 10.1 Å². The second-order valence-corrected chi connectivity index (χ2v) is 27.7. The molecule has 2 aliphatic heterocycles. The number of amides is 2. The molecule has 3 atom stereocenters. The molecule has 30 nitrogen and oxygen atoms in total. The minimum Gasteiger partial charge on any atom is -0.748 e. The van der Waals surface area contributed by atoms with E-state index < -0.39 is 149 Å². The van der Waals surface area contributed by atoms with Gasteiger partial charge >= 0.3 is 57.3 Å². The summed E-state index contributed by atoms with van der Waals surface area (Å²) >= 11 is 0. The Bertz CT molecular complexity index is 4040. The molecule has 534 valence electrons. The lowest BCUT2D eigenvalue weighted by atomic mass is 9.81. The summed E-state index contributed by atoms with van der Waals surface area (Å²) in [6.07, 6.45) is 8.75. The van der Waals surface area contributed by atoms with Gasteiger partial charge in [-0.2, -0.15) is 22.6 Å². The van der Waals surface area contributed by atoms with Crippen LogP contribution in [0.5, 0.6) is 5.75 Å². The molecule has 98 heavy (non-hydrogen) atoms. The lowest BCUT2D eigenvalue weighted by Gasteiger charge is -2.28. The number of hydrogen-bond acceptors (Lipinski definition) is 22. The second-order valence-electron chi connectivity index (χ2n) is 23.7. The first-order valence-electron chi connectivity index (χ1n) is 30.4. The maximum atomic E-state index is 13.4. The van der Waals surface area contributed by atoms with Crippen LogP contribution in [0.2, 0.25) is 0 Å². The standard InChI is InChI=1S/C63H78N4O18S2.CO2.2O3S/c1-62(2)49-17-5-7-19-52(49)66(33-9-11-35-86(79,80)81)54(62)30-24-42-15-13-16-43(25-31-55-63(3,4)50-18-6-8-20-53(50)67(55)34-10-12-36-87(82,83)84)57(42)85-48-27-22-41(23-28-48)37-44(58(72)73)39-47(69)40-45(59(74)75)38-46(68)26-29-51(60(76)77)65-61(78)64-32-14-21-56(70)71;2-1-3;2*1-4(2)3/h5-8,17-20,22-25,27-28,30-31,44-45,51H,9-16,21,26,29,32-40H2,1-4H3,(H7-,64,65,70,71,72,73,74,75,76,77,78,79,80,81,82,83,84);;;/t44-,45+,51+;;;/m1.../s1. The molecule has 34 heteroatoms. The molecule has 0 fully saturated rings. The van der Waals surface area contributed by atoms with Crippen molar-refractivity contribution in [2.45, 2.75) is 141 Å². The average Bonchev–Trinajstić information content (AvgIpc) is 1.60. The third-order valence-electron chi connectivity index (χ3n) is 15.9. The van der Waals surface area contributed by atoms with E-state index in [4.69, 9.17) is 44.7 Å². The van der Waals surface area contributed by atoms with Gasteiger partial charge in [0.2, 0.25) is 5.69 Å². The number of nitrogens with zero attached hydrogens (tertiary/aromatic N) is 2. The van der Waals surface area contributed by atoms with E-state index >= 15 is 0 Å². The van der Waals surface area contributed by atoms with Gasteiger partial charge < -0.3 is 45.2 Å². The number of rotatable bonds is 34. The van der Waals surface area contributed by atoms with Gasteiger partial charge in [-0.1, -0.05) is 68.5 Å². The predicted molar refractivity (Wildman–Crippen MR) is 347 cm³/mol. The van der Waals surface area contributed by atoms with Gasteiger partial charge in [-0.25, -0.2) is 18.0 Å². The molecule has 0 saturated heterocycles. The Morgan fingerprint density at radius 3 is 1.85 bits per heavy atom. The number of ether oxygens (including phenoxy) is 1. The SMILES string of the molecule is CC1(C)C(=CC=C2CCCC(C=CC3=[N+](CCCCS(=O)(=O)O)c4ccccc4C3(C)C)=C2Oc2ccc(C[C@H](CC(=O)C[C@H](CC(=O)CC[C@H](NC(=O)NCCCC(=O)O)C(=O)O)C(=O)O)C(=O)O)cc2)N(CCCCS(=O)(=O)[O-])c2ccccc21.O=C=O.O=S(=O)=O.O=S(=O)=O. The van der Waals surface area contributed by atoms with Gasteiger partial charge in [0, 0.05) is 91.9 Å². The molecule has 1 aliphatic carbocycles. The Morgan fingerprint density at radius 2 is 1.27 bits per heavy atom. The van der Waals surface area contributed by atoms with E-state index in [1.807, 2.05) is 48.6 Å². The zero-order chi connectivity index (χ0) is 73.7. The number of urea groups is 1. The van der Waals surface area contributed by atoms with E-state index in [0.29, 0.717) is 55.8 Å². The first-order valence-corrected chi connectivity index (χ1v) is 35.6. The van der Waals surface area contributed by atoms with Crippen LogP contribution in [0.25, 0.3) is 0 Å². The van der Waals surface area contributed by atoms with Crippen LogP contribution < -0.4 is 20.3 Å². The van der Waals surface area contributed by atoms with E-state index in [2.05, 4.69) is 72.1 Å². The maximum absolute atomic E-state index is 13.4. The minimum atomic E-state index is -4.40. The molecule has 0 unspecified atom stereocenters. The van der Waals surface area contributed by atoms with Crippen LogP contribution in [0.4, 0.5) is 16.2 Å². The number of ketones is 2. The van der Waals surface area contributed by atoms with Crippen molar-refractivity contribution in [1.82, 2.24) is 10.6 Å². The summed E-state index contributed by atoms with van der Waals surface area (Å²) in [6.45, 7) is 9.35. The van der Waals surface area contributed by atoms with Gasteiger partial charge in [0.05, 0.1) is 33.1 Å². The van der Waals surface area contributed by atoms with Gasteiger partial charge in [-0.15, -0.1) is 25.3 Å². The second kappa shape index (κ2) is 39.3. The van der Waals surface area contributed by atoms with Crippen molar-refractivity contribution in [3.8, 4) is 5.75 Å². The number of hydrogen-bond donors (Lipinski definition) is 7. The monoisotopic (exact) mass is 1450 g/mol. The summed E-state index contributed by atoms with van der Waals surface area (Å²) in [5.41, 5.74) is 7.31. The molecule has 3 aromatic rings. The summed E-state index contributed by atoms with van der Waals surface area (Å²) in [4.78, 5) is 104. The van der Waals surface area contributed by atoms with E-state index in [9.17, 15) is 74.8 Å². The number of para-hydroxylation sites is 2. The van der Waals surface area contributed by atoms with Gasteiger partial charge in [-0.05, 0) is 124 Å². The van der Waals surface area contributed by atoms with E-state index in [-0.39, 0.29) is 50.6 Å². The van der Waals surface area contributed by atoms with E-state index in [0.717, 1.165) is 51.5 Å². The van der Waals surface area contributed by atoms with Crippen LogP contribution >= 0.6 is 0 Å². The Labute approximate surface area is 568 Å². The number of nitrogens with one attached hydrogen (secondary N) is 2. The molecule has 0 radical (unpaired) electrons. The van der Waals surface area contributed by atoms with Crippen molar-refractivity contribution in [2.24, 2.45) is 11.8 Å². The molecule has 0 bridgehead atoms. The summed E-state index contributed by atoms with van der Waals surface area (Å²) in [7, 11) is -14.8. The molecular weight excluding hydrogens is 1370 g/mol. The molecule has 3 aromatic carbocycles. The lowest BCUT2D eigenvalue weighted by Crippen LogP contribution is -2.46. The van der Waals surface area contributed by atoms with Crippen molar-refractivity contribution in [3.63, 3.8) is 0 Å². The minimum absolute atomic E-state index is 0.0568. The predicted octanol–water partition coefficient (Wildman–Crippen LogP) is 5.80. The smallest absolute Gasteiger partial charge is 0.425 e. The number of aliphatic carboxylic acids is 4. The number of anilines is 1. The molecule has 2 amide bonds. The van der Waals surface area contributed by atoms with Crippen molar-refractivity contribution in [1.29, 1.82) is 0 Å². The highest BCUT2D eigenvalue weighted by Gasteiger charge is 2.44. The Kier molecular flexibility index (Phi) is 33.3. The number of carbonyl (C=O) groups is 7. The Balaban J connectivity index is 0.00000211. The van der Waals surface area contributed by atoms with Crippen LogP contribution in [0.3, 0.4) is 0 Å². The Morgan fingerprint density at radius 1 is 0.694 bits per heavy atom. The fourth-order valence-corrected chi connectivity index (χ4v) is 12.5. The van der Waals surface area contributed by atoms with Crippen molar-refractivity contribution >= 4 is 106 Å². The molecule has 0 aromatic heterocycles. The molecule has 7 N–H and O–H groups in total. The van der Waals surface area contributed by atoms with Crippen LogP contribution in [-0.4, -0.2) is 167 Å². The first kappa shape index (κ1) is 83.0. The quantitative estimate of drug-likeness (QED) is 0.0211. The summed E-state index contributed by atoms with van der Waals surface area (Å²) in [5, 5.41) is 43.1. The largest absolute Gasteiger partial charge is 0.748 e. The van der Waals surface area contributed by atoms with Crippen LogP contribution in [0.1, 0.15) is 134 Å². The van der Waals surface area contributed by atoms with Gasteiger partial charge in [0.15, 0.2) is 5.71 Å². The van der Waals surface area contributed by atoms with Crippen LogP contribution in [0, 0.1) is 11.8 Å². The third-order valence-corrected chi connectivity index (χ3v) is 17.5. The van der Waals surface area contributed by atoms with Gasteiger partial charge in [0.1, 0.15) is 35.7 Å². The normalized spacial score (nSPS) is 16.0. The highest BCUT2D eigenvalue weighted by molar-refractivity contribution is 7.85. The highest BCUT2D eigenvalue weighted by Crippen LogP contribution is 2.48. The lowest BCUT2D eigenvalue weighted by molar-refractivity contribution is -0.438. The topological polar surface area (TPSA) is 488 Å². The third kappa shape index (κ3) is 28.1. The van der Waals surface area contributed by atoms with Gasteiger partial charge in [-0.3, -0.25) is 28.5 Å². The summed E-state index contributed by atoms with van der Waals surface area (Å²) in [6, 6.07) is 20.2. The fourth-order valence-electron chi connectivity index (χ4n) is 11.4. The molecule has 0 spiro atoms. The number of fused-ring (bicyclic) bond motifs is 2. The number of carbonyl (C=O) groups excluding carboxylic acids is 5. The highest BCUT2D eigenvalue weighted by atomic mass is 32.2. The number of unbranched alkanes of at least 4 members (excludes halogenated alkanes) is 2. The van der Waals surface area contributed by atoms with Crippen molar-refractivity contribution in [3.05, 3.63) is 136 Å². The fraction of sp³-hybridized carbons (Fsp3) is 0.453. The molecule has 2 heterocycles. The average molecular weight is 1450 g/mol. The first-order chi connectivity index (χ1) is 45.8. The van der Waals surface area contributed by atoms with Crippen LogP contribution in [0.15, 0.2) is 120 Å². The number of benzene rings is 3. The molecule has 0 saturated carbocycles. The van der Waals surface area contributed by atoms with Crippen LogP contribution in [-0.2, 0) is 97.1 Å². The van der Waals surface area contributed by atoms with Crippen molar-refractivity contribution < 1.29 is 124 Å². The van der Waals surface area contributed by atoms with E-state index in [1.165, 1.54) is 0 Å². The molecular formula is C64H78N4O26S4. The number of carboxylic acid groups (broad SMARTS) is 4. The number of Topliss-reactive ketones (excluding diaryl/α,β-unsaturated/α-hetero) is 2. The summed E-state index contributed by atoms with van der Waals surface area (Å²) < 4.78 is 127. The Hall–Kier alpha value is -9.18. The van der Waals surface area contributed by atoms with E-state index in [1.54, 1.807) is 24.3 Å². The zero-order valence-corrected chi connectivity index (χ0v) is 57.2. The number of carboxylic acids is 4. The molecule has 3 aliphatic rings. The maximum Gasteiger partial charge on any atom is 0.425 e. The zero-order valence-electron chi connectivity index (χ0n) is 53.9.